The molecule has 2 aromatic rings. The van der Waals surface area contributed by atoms with Gasteiger partial charge in [-0.1, -0.05) is 23.8 Å². The van der Waals surface area contributed by atoms with Crippen LogP contribution in [0.5, 0.6) is 0 Å². The maximum absolute atomic E-state index is 9.70. The zero-order valence-corrected chi connectivity index (χ0v) is 14.0. The van der Waals surface area contributed by atoms with Crippen molar-refractivity contribution in [2.45, 2.75) is 32.8 Å². The van der Waals surface area contributed by atoms with Crippen LogP contribution < -0.4 is 4.90 Å². The first-order chi connectivity index (χ1) is 10.1. The molecular weight excluding hydrogens is 326 g/mol. The number of hydrogen-bond donors (Lipinski definition) is 1. The molecule has 2 aromatic carbocycles. The van der Waals surface area contributed by atoms with E-state index in [1.54, 1.807) is 6.92 Å². The van der Waals surface area contributed by atoms with Crippen LogP contribution in [0.25, 0.3) is 0 Å². The number of halogens is 1. The van der Waals surface area contributed by atoms with Crippen molar-refractivity contribution in [2.75, 3.05) is 11.4 Å². The Morgan fingerprint density at radius 2 is 1.90 bits per heavy atom. The van der Waals surface area contributed by atoms with E-state index in [0.29, 0.717) is 0 Å². The summed E-state index contributed by atoms with van der Waals surface area (Å²) in [5, 5.41) is 9.70. The van der Waals surface area contributed by atoms with Crippen molar-refractivity contribution in [3.05, 3.63) is 57.6 Å². The number of fused-ring (bicyclic) bond motifs is 1. The lowest BCUT2D eigenvalue weighted by Gasteiger charge is -2.32. The van der Waals surface area contributed by atoms with E-state index in [0.717, 1.165) is 23.0 Å². The molecule has 21 heavy (non-hydrogen) atoms. The predicted octanol–water partition coefficient (Wildman–Crippen LogP) is 4.90. The highest BCUT2D eigenvalue weighted by atomic mass is 79.9. The van der Waals surface area contributed by atoms with Gasteiger partial charge < -0.3 is 10.0 Å². The molecule has 1 aliphatic rings. The van der Waals surface area contributed by atoms with Gasteiger partial charge in [0.15, 0.2) is 0 Å². The molecule has 1 heterocycles. The average Bonchev–Trinajstić information content (AvgIpc) is 2.46. The minimum Gasteiger partial charge on any atom is -0.389 e. The van der Waals surface area contributed by atoms with Crippen molar-refractivity contribution < 1.29 is 5.11 Å². The Kier molecular flexibility index (Phi) is 4.05. The Hall–Kier alpha value is -1.32. The SMILES string of the molecule is Cc1ccc2c(c1)CCCN2c1ccc([C@H](C)O)cc1Br. The summed E-state index contributed by atoms with van der Waals surface area (Å²) in [6, 6.07) is 12.8. The molecule has 1 N–H and O–H groups in total. The van der Waals surface area contributed by atoms with Crippen LogP contribution in [0.2, 0.25) is 0 Å². The molecule has 1 atom stereocenters. The quantitative estimate of drug-likeness (QED) is 0.836. The standard InChI is InChI=1S/C18H20BrNO/c1-12-5-7-17-15(10-12)4-3-9-20(17)18-8-6-14(13(2)21)11-16(18)19/h5-8,10-11,13,21H,3-4,9H2,1-2H3/t13-/m0/s1. The van der Waals surface area contributed by atoms with Crippen LogP contribution in [0.1, 0.15) is 36.1 Å². The number of aryl methyl sites for hydroxylation is 2. The highest BCUT2D eigenvalue weighted by molar-refractivity contribution is 9.10. The van der Waals surface area contributed by atoms with Gasteiger partial charge in [0.05, 0.1) is 11.8 Å². The summed E-state index contributed by atoms with van der Waals surface area (Å²) in [6.07, 6.45) is 1.88. The Morgan fingerprint density at radius 1 is 1.14 bits per heavy atom. The number of aliphatic hydroxyl groups excluding tert-OH is 1. The molecule has 0 bridgehead atoms. The Morgan fingerprint density at radius 3 is 2.62 bits per heavy atom. The normalized spacial score (nSPS) is 15.7. The molecule has 0 fully saturated rings. The summed E-state index contributed by atoms with van der Waals surface area (Å²) < 4.78 is 1.04. The molecule has 0 aliphatic carbocycles. The lowest BCUT2D eigenvalue weighted by molar-refractivity contribution is 0.199. The molecule has 110 valence electrons. The second kappa shape index (κ2) is 5.82. The Bertz CT molecular complexity index is 666. The van der Waals surface area contributed by atoms with Gasteiger partial charge in [0.25, 0.3) is 0 Å². The lowest BCUT2D eigenvalue weighted by Crippen LogP contribution is -2.24. The van der Waals surface area contributed by atoms with Gasteiger partial charge in [0, 0.05) is 16.7 Å². The van der Waals surface area contributed by atoms with E-state index in [1.807, 2.05) is 12.1 Å². The first-order valence-electron chi connectivity index (χ1n) is 7.41. The minimum absolute atomic E-state index is 0.438. The van der Waals surface area contributed by atoms with Crippen LogP contribution in [-0.4, -0.2) is 11.7 Å². The van der Waals surface area contributed by atoms with E-state index < -0.39 is 6.10 Å². The number of hydrogen-bond acceptors (Lipinski definition) is 2. The first-order valence-corrected chi connectivity index (χ1v) is 8.20. The van der Waals surface area contributed by atoms with Crippen molar-refractivity contribution in [3.8, 4) is 0 Å². The number of nitrogens with zero attached hydrogens (tertiary/aromatic N) is 1. The highest BCUT2D eigenvalue weighted by Gasteiger charge is 2.20. The van der Waals surface area contributed by atoms with E-state index in [-0.39, 0.29) is 0 Å². The van der Waals surface area contributed by atoms with Gasteiger partial charge >= 0.3 is 0 Å². The minimum atomic E-state index is -0.438. The molecule has 0 amide bonds. The second-order valence-corrected chi connectivity index (χ2v) is 6.63. The van der Waals surface area contributed by atoms with Crippen LogP contribution in [0.4, 0.5) is 11.4 Å². The summed E-state index contributed by atoms with van der Waals surface area (Å²) in [5.41, 5.74) is 6.15. The largest absolute Gasteiger partial charge is 0.389 e. The number of anilines is 2. The second-order valence-electron chi connectivity index (χ2n) is 5.77. The monoisotopic (exact) mass is 345 g/mol. The van der Waals surface area contributed by atoms with Crippen molar-refractivity contribution in [1.29, 1.82) is 0 Å². The topological polar surface area (TPSA) is 23.5 Å². The predicted molar refractivity (Wildman–Crippen MR) is 91.3 cm³/mol. The third-order valence-electron chi connectivity index (χ3n) is 4.10. The van der Waals surface area contributed by atoms with Crippen molar-refractivity contribution in [3.63, 3.8) is 0 Å². The number of benzene rings is 2. The van der Waals surface area contributed by atoms with E-state index in [1.165, 1.54) is 28.9 Å². The van der Waals surface area contributed by atoms with Crippen LogP contribution in [-0.2, 0) is 6.42 Å². The maximum atomic E-state index is 9.70. The van der Waals surface area contributed by atoms with Crippen LogP contribution >= 0.6 is 15.9 Å². The average molecular weight is 346 g/mol. The van der Waals surface area contributed by atoms with Crippen LogP contribution in [0.3, 0.4) is 0 Å². The van der Waals surface area contributed by atoms with E-state index in [4.69, 9.17) is 0 Å². The van der Waals surface area contributed by atoms with Gasteiger partial charge in [-0.15, -0.1) is 0 Å². The molecule has 1 aliphatic heterocycles. The molecule has 0 unspecified atom stereocenters. The summed E-state index contributed by atoms with van der Waals surface area (Å²) in [7, 11) is 0. The molecule has 2 nitrogen and oxygen atoms in total. The zero-order chi connectivity index (χ0) is 15.0. The molecule has 0 saturated carbocycles. The van der Waals surface area contributed by atoms with Crippen molar-refractivity contribution in [1.82, 2.24) is 0 Å². The molecule has 0 aromatic heterocycles. The smallest absolute Gasteiger partial charge is 0.0762 e. The molecule has 0 saturated heterocycles. The third-order valence-corrected chi connectivity index (χ3v) is 4.73. The van der Waals surface area contributed by atoms with Crippen molar-refractivity contribution >= 4 is 27.3 Å². The summed E-state index contributed by atoms with van der Waals surface area (Å²) in [6.45, 7) is 4.97. The van der Waals surface area contributed by atoms with Gasteiger partial charge in [0.2, 0.25) is 0 Å². The number of rotatable bonds is 2. The molecule has 0 spiro atoms. The fourth-order valence-electron chi connectivity index (χ4n) is 2.98. The first kappa shape index (κ1) is 14.6. The Labute approximate surface area is 134 Å². The third kappa shape index (κ3) is 2.85. The van der Waals surface area contributed by atoms with Crippen LogP contribution in [0.15, 0.2) is 40.9 Å². The summed E-state index contributed by atoms with van der Waals surface area (Å²) >= 11 is 3.66. The maximum Gasteiger partial charge on any atom is 0.0762 e. The van der Waals surface area contributed by atoms with Gasteiger partial charge in [-0.2, -0.15) is 0 Å². The fourth-order valence-corrected chi connectivity index (χ4v) is 3.59. The van der Waals surface area contributed by atoms with Crippen LogP contribution in [0, 0.1) is 6.92 Å². The van der Waals surface area contributed by atoms with E-state index in [9.17, 15) is 5.11 Å². The van der Waals surface area contributed by atoms with Gasteiger partial charge in [0.1, 0.15) is 0 Å². The molecule has 3 rings (SSSR count). The Balaban J connectivity index is 2.03. The van der Waals surface area contributed by atoms with Gasteiger partial charge in [-0.05, 0) is 71.9 Å². The summed E-state index contributed by atoms with van der Waals surface area (Å²) in [5.74, 6) is 0. The number of aliphatic hydroxyl groups is 1. The molecular formula is C18H20BrNO. The lowest BCUT2D eigenvalue weighted by atomic mass is 9.98. The highest BCUT2D eigenvalue weighted by Crippen LogP contribution is 2.38. The summed E-state index contributed by atoms with van der Waals surface area (Å²) in [4.78, 5) is 2.37. The van der Waals surface area contributed by atoms with Gasteiger partial charge in [-0.3, -0.25) is 0 Å². The van der Waals surface area contributed by atoms with E-state index in [2.05, 4.69) is 52.0 Å². The zero-order valence-electron chi connectivity index (χ0n) is 12.4. The van der Waals surface area contributed by atoms with Crippen molar-refractivity contribution in [2.24, 2.45) is 0 Å². The van der Waals surface area contributed by atoms with Gasteiger partial charge in [-0.25, -0.2) is 0 Å². The fraction of sp³-hybridized carbons (Fsp3) is 0.333. The van der Waals surface area contributed by atoms with E-state index >= 15 is 0 Å². The molecule has 0 radical (unpaired) electrons. The molecule has 3 heteroatoms.